The van der Waals surface area contributed by atoms with E-state index in [2.05, 4.69) is 22.6 Å². The summed E-state index contributed by atoms with van der Waals surface area (Å²) in [6.07, 6.45) is -4.01. The average Bonchev–Trinajstić information content (AvgIpc) is 2.54. The number of benzene rings is 1. The molecule has 3 nitrogen and oxygen atoms in total. The van der Waals surface area contributed by atoms with Gasteiger partial charge in [0.05, 0.1) is 10.7 Å². The predicted molar refractivity (Wildman–Crippen MR) is 80.3 cm³/mol. The van der Waals surface area contributed by atoms with E-state index in [0.717, 1.165) is 19.6 Å². The largest absolute Gasteiger partial charge is 0.496 e. The van der Waals surface area contributed by atoms with E-state index in [0.29, 0.717) is 18.6 Å². The molecule has 2 rings (SSSR count). The van der Waals surface area contributed by atoms with Crippen molar-refractivity contribution < 1.29 is 22.7 Å². The second-order valence-electron chi connectivity index (χ2n) is 5.05. The van der Waals surface area contributed by atoms with Crippen molar-refractivity contribution in [2.45, 2.75) is 32.0 Å². The van der Waals surface area contributed by atoms with Gasteiger partial charge in [-0.15, -0.1) is 0 Å². The average molecular weight is 413 g/mol. The third kappa shape index (κ3) is 3.44. The van der Waals surface area contributed by atoms with Gasteiger partial charge < -0.3 is 9.64 Å². The number of carbonyl (C=O) groups excluding carboxylic acids is 1. The van der Waals surface area contributed by atoms with Crippen molar-refractivity contribution in [3.05, 3.63) is 26.8 Å². The first kappa shape index (κ1) is 16.4. The molecule has 7 heteroatoms. The second-order valence-corrected chi connectivity index (χ2v) is 6.22. The van der Waals surface area contributed by atoms with Gasteiger partial charge in [0.25, 0.3) is 0 Å². The molecule has 0 N–H and O–H groups in total. The lowest BCUT2D eigenvalue weighted by Gasteiger charge is -2.27. The van der Waals surface area contributed by atoms with E-state index in [1.807, 2.05) is 12.1 Å². The Morgan fingerprint density at radius 3 is 2.62 bits per heavy atom. The van der Waals surface area contributed by atoms with Gasteiger partial charge in [0, 0.05) is 12.6 Å². The maximum Gasteiger partial charge on any atom is 0.471 e. The van der Waals surface area contributed by atoms with E-state index in [1.165, 1.54) is 0 Å². The Hall–Kier alpha value is -0.990. The standard InChI is InChI=1S/C14H15F3INO2/c1-8-5-10-6-11(18)12(21-2)7-9(10)3-4-19(8)13(20)14(15,16)17/h6-8H,3-5H2,1-2H3. The van der Waals surface area contributed by atoms with Gasteiger partial charge in [0.1, 0.15) is 5.75 Å². The highest BCUT2D eigenvalue weighted by atomic mass is 127. The normalized spacial score (nSPS) is 19.0. The van der Waals surface area contributed by atoms with Crippen molar-refractivity contribution in [3.63, 3.8) is 0 Å². The molecule has 1 amide bonds. The quantitative estimate of drug-likeness (QED) is 0.663. The van der Waals surface area contributed by atoms with Crippen molar-refractivity contribution in [3.8, 4) is 5.75 Å². The van der Waals surface area contributed by atoms with Crippen LogP contribution in [0.4, 0.5) is 13.2 Å². The topological polar surface area (TPSA) is 29.5 Å². The Balaban J connectivity index is 2.30. The number of rotatable bonds is 1. The van der Waals surface area contributed by atoms with Gasteiger partial charge in [0.15, 0.2) is 0 Å². The molecule has 1 aromatic carbocycles. The molecule has 0 aliphatic carbocycles. The molecule has 0 bridgehead atoms. The van der Waals surface area contributed by atoms with Crippen LogP contribution in [0.15, 0.2) is 12.1 Å². The molecule has 1 aromatic rings. The molecule has 0 radical (unpaired) electrons. The molecule has 1 aliphatic heterocycles. The Morgan fingerprint density at radius 2 is 2.05 bits per heavy atom. The Kier molecular flexibility index (Phi) is 4.69. The van der Waals surface area contributed by atoms with Crippen molar-refractivity contribution >= 4 is 28.5 Å². The Labute approximate surface area is 134 Å². The first-order valence-corrected chi connectivity index (χ1v) is 7.55. The fourth-order valence-electron chi connectivity index (χ4n) is 2.57. The summed E-state index contributed by atoms with van der Waals surface area (Å²) >= 11 is 2.13. The molecule has 1 atom stereocenters. The maximum absolute atomic E-state index is 12.6. The molecule has 0 aromatic heterocycles. The van der Waals surface area contributed by atoms with E-state index in [1.54, 1.807) is 14.0 Å². The summed E-state index contributed by atoms with van der Waals surface area (Å²) in [5.74, 6) is -1.05. The highest BCUT2D eigenvalue weighted by Gasteiger charge is 2.44. The number of fused-ring (bicyclic) bond motifs is 1. The zero-order chi connectivity index (χ0) is 15.8. The van der Waals surface area contributed by atoms with Gasteiger partial charge in [-0.05, 0) is 65.6 Å². The van der Waals surface area contributed by atoms with Gasteiger partial charge in [-0.3, -0.25) is 4.79 Å². The van der Waals surface area contributed by atoms with Crippen molar-refractivity contribution in [1.29, 1.82) is 0 Å². The summed E-state index contributed by atoms with van der Waals surface area (Å²) in [5, 5.41) is 0. The molecule has 0 spiro atoms. The third-order valence-corrected chi connectivity index (χ3v) is 4.49. The van der Waals surface area contributed by atoms with Gasteiger partial charge in [0.2, 0.25) is 0 Å². The van der Waals surface area contributed by atoms with Crippen LogP contribution in [0.1, 0.15) is 18.1 Å². The molecule has 21 heavy (non-hydrogen) atoms. The highest BCUT2D eigenvalue weighted by molar-refractivity contribution is 14.1. The van der Waals surface area contributed by atoms with Gasteiger partial charge >= 0.3 is 12.1 Å². The number of methoxy groups -OCH3 is 1. The van der Waals surface area contributed by atoms with E-state index in [-0.39, 0.29) is 6.54 Å². The molecule has 0 fully saturated rings. The van der Waals surface area contributed by atoms with Gasteiger partial charge in [-0.2, -0.15) is 13.2 Å². The zero-order valence-electron chi connectivity index (χ0n) is 11.6. The number of nitrogens with zero attached hydrogens (tertiary/aromatic N) is 1. The van der Waals surface area contributed by atoms with Crippen LogP contribution >= 0.6 is 22.6 Å². The second kappa shape index (κ2) is 6.02. The van der Waals surface area contributed by atoms with Crippen LogP contribution in [0.5, 0.6) is 5.75 Å². The molecule has 116 valence electrons. The molecule has 1 aliphatic rings. The van der Waals surface area contributed by atoms with E-state index in [4.69, 9.17) is 4.74 Å². The number of carbonyl (C=O) groups is 1. The van der Waals surface area contributed by atoms with Gasteiger partial charge in [-0.1, -0.05) is 0 Å². The van der Waals surface area contributed by atoms with Gasteiger partial charge in [-0.25, -0.2) is 0 Å². The summed E-state index contributed by atoms with van der Waals surface area (Å²) in [6.45, 7) is 1.71. The molecule has 0 saturated heterocycles. The summed E-state index contributed by atoms with van der Waals surface area (Å²) in [5.41, 5.74) is 1.92. The van der Waals surface area contributed by atoms with E-state index in [9.17, 15) is 18.0 Å². The minimum Gasteiger partial charge on any atom is -0.496 e. The Bertz CT molecular complexity index is 560. The highest BCUT2D eigenvalue weighted by Crippen LogP contribution is 2.30. The van der Waals surface area contributed by atoms with E-state index < -0.39 is 18.1 Å². The van der Waals surface area contributed by atoms with Crippen molar-refractivity contribution in [2.75, 3.05) is 13.7 Å². The summed E-state index contributed by atoms with van der Waals surface area (Å²) in [7, 11) is 1.56. The smallest absolute Gasteiger partial charge is 0.471 e. The number of amides is 1. The van der Waals surface area contributed by atoms with Crippen LogP contribution in [0.3, 0.4) is 0 Å². The fourth-order valence-corrected chi connectivity index (χ4v) is 3.32. The number of alkyl halides is 3. The van der Waals surface area contributed by atoms with Crippen LogP contribution in [0.2, 0.25) is 0 Å². The number of hydrogen-bond donors (Lipinski definition) is 0. The lowest BCUT2D eigenvalue weighted by molar-refractivity contribution is -0.187. The number of halogens is 4. The molecule has 1 heterocycles. The van der Waals surface area contributed by atoms with Crippen LogP contribution in [0, 0.1) is 3.57 Å². The minimum absolute atomic E-state index is 0.0657. The lowest BCUT2D eigenvalue weighted by atomic mass is 10.0. The van der Waals surface area contributed by atoms with Crippen molar-refractivity contribution in [2.24, 2.45) is 0 Å². The van der Waals surface area contributed by atoms with Crippen LogP contribution < -0.4 is 4.74 Å². The SMILES string of the molecule is COc1cc2c(cc1I)CC(C)N(C(=O)C(F)(F)F)CC2. The zero-order valence-corrected chi connectivity index (χ0v) is 13.8. The van der Waals surface area contributed by atoms with Crippen molar-refractivity contribution in [1.82, 2.24) is 4.90 Å². The first-order valence-electron chi connectivity index (χ1n) is 6.47. The third-order valence-electron chi connectivity index (χ3n) is 3.65. The summed E-state index contributed by atoms with van der Waals surface area (Å²) < 4.78 is 44.1. The molecular formula is C14H15F3INO2. The number of hydrogen-bond acceptors (Lipinski definition) is 2. The minimum atomic E-state index is -4.82. The predicted octanol–water partition coefficient (Wildman–Crippen LogP) is 3.18. The maximum atomic E-state index is 12.6. The molecule has 0 saturated carbocycles. The lowest BCUT2D eigenvalue weighted by Crippen LogP contribution is -2.46. The summed E-state index contributed by atoms with van der Waals surface area (Å²) in [6, 6.07) is 3.29. The Morgan fingerprint density at radius 1 is 1.38 bits per heavy atom. The van der Waals surface area contributed by atoms with Crippen LogP contribution in [0.25, 0.3) is 0 Å². The van der Waals surface area contributed by atoms with E-state index >= 15 is 0 Å². The first-order chi connectivity index (χ1) is 9.74. The van der Waals surface area contributed by atoms with Crippen LogP contribution in [-0.2, 0) is 17.6 Å². The fraction of sp³-hybridized carbons (Fsp3) is 0.500. The molecule has 1 unspecified atom stereocenters. The number of ether oxygens (including phenoxy) is 1. The molecular weight excluding hydrogens is 398 g/mol. The monoisotopic (exact) mass is 413 g/mol. The summed E-state index contributed by atoms with van der Waals surface area (Å²) in [4.78, 5) is 12.4. The van der Waals surface area contributed by atoms with Crippen LogP contribution in [-0.4, -0.2) is 36.7 Å².